The summed E-state index contributed by atoms with van der Waals surface area (Å²) in [4.78, 5) is 15.3. The van der Waals surface area contributed by atoms with Gasteiger partial charge in [0.2, 0.25) is 0 Å². The fraction of sp³-hybridized carbons (Fsp3) is 0. The van der Waals surface area contributed by atoms with Crippen molar-refractivity contribution in [2.75, 3.05) is 0 Å². The van der Waals surface area contributed by atoms with E-state index in [0.717, 1.165) is 83.7 Å². The van der Waals surface area contributed by atoms with Crippen LogP contribution in [0.25, 0.3) is 155 Å². The van der Waals surface area contributed by atoms with Crippen LogP contribution in [0.4, 0.5) is 0 Å². The van der Waals surface area contributed by atoms with Crippen LogP contribution < -0.4 is 0 Å². The van der Waals surface area contributed by atoms with E-state index < -0.39 is 0 Å². The molecule has 0 saturated heterocycles. The van der Waals surface area contributed by atoms with Crippen molar-refractivity contribution in [1.29, 1.82) is 0 Å². The summed E-state index contributed by atoms with van der Waals surface area (Å²) in [6, 6.07) is 103. The molecule has 7 heteroatoms. The van der Waals surface area contributed by atoms with Gasteiger partial charge in [-0.1, -0.05) is 206 Å². The van der Waals surface area contributed by atoms with E-state index in [4.69, 9.17) is 15.0 Å². The van der Waals surface area contributed by atoms with Crippen LogP contribution in [0.15, 0.2) is 285 Å². The molecule has 12 aromatic carbocycles. The summed E-state index contributed by atoms with van der Waals surface area (Å²) in [7, 11) is 0. The first kappa shape index (κ1) is 45.8. The largest absolute Gasteiger partial charge is 0.309 e. The lowest BCUT2D eigenvalue weighted by atomic mass is 10.0. The third-order valence-corrected chi connectivity index (χ3v) is 16.6. The Morgan fingerprint density at radius 1 is 0.183 bits per heavy atom. The van der Waals surface area contributed by atoms with Crippen molar-refractivity contribution >= 4 is 87.2 Å². The van der Waals surface area contributed by atoms with Crippen LogP contribution in [0.3, 0.4) is 0 Å². The Balaban J connectivity index is 0.891. The second-order valence-corrected chi connectivity index (χ2v) is 21.2. The molecule has 17 rings (SSSR count). The fourth-order valence-electron chi connectivity index (χ4n) is 13.0. The molecule has 0 bridgehead atoms. The summed E-state index contributed by atoms with van der Waals surface area (Å²) >= 11 is 0. The second-order valence-electron chi connectivity index (χ2n) is 21.2. The van der Waals surface area contributed by atoms with Gasteiger partial charge in [-0.15, -0.1) is 0 Å². The van der Waals surface area contributed by atoms with E-state index >= 15 is 0 Å². The van der Waals surface area contributed by atoms with Crippen LogP contribution in [0.5, 0.6) is 0 Å². The van der Waals surface area contributed by atoms with Crippen LogP contribution in [-0.2, 0) is 0 Å². The number of rotatable bonds is 8. The molecule has 0 unspecified atom stereocenters. The van der Waals surface area contributed by atoms with E-state index in [1.54, 1.807) is 0 Å². The van der Waals surface area contributed by atoms with Crippen molar-refractivity contribution in [2.24, 2.45) is 0 Å². The molecule has 0 spiro atoms. The van der Waals surface area contributed by atoms with Crippen LogP contribution in [0.2, 0.25) is 0 Å². The molecule has 0 saturated carbocycles. The number of para-hydroxylation sites is 6. The first-order valence-electron chi connectivity index (χ1n) is 27.8. The summed E-state index contributed by atoms with van der Waals surface area (Å²) in [5.41, 5.74) is 18.4. The molecule has 5 heterocycles. The summed E-state index contributed by atoms with van der Waals surface area (Å²) in [6.07, 6.45) is 0. The van der Waals surface area contributed by atoms with Gasteiger partial charge in [0.15, 0.2) is 17.5 Å². The first-order chi connectivity index (χ1) is 40.7. The summed E-state index contributed by atoms with van der Waals surface area (Å²) in [6.45, 7) is 0. The van der Waals surface area contributed by atoms with Gasteiger partial charge >= 0.3 is 0 Å². The second kappa shape index (κ2) is 18.2. The summed E-state index contributed by atoms with van der Waals surface area (Å²) in [5.74, 6) is 1.87. The van der Waals surface area contributed by atoms with Crippen molar-refractivity contribution in [1.82, 2.24) is 33.2 Å². The zero-order chi connectivity index (χ0) is 53.8. The minimum atomic E-state index is 0.612. The predicted octanol–water partition coefficient (Wildman–Crippen LogP) is 18.9. The molecule has 0 N–H and O–H groups in total. The molecule has 0 fully saturated rings. The highest BCUT2D eigenvalue weighted by molar-refractivity contribution is 6.15. The van der Waals surface area contributed by atoms with Gasteiger partial charge < -0.3 is 18.3 Å². The molecule has 0 aliphatic carbocycles. The highest BCUT2D eigenvalue weighted by Crippen LogP contribution is 2.43. The lowest BCUT2D eigenvalue weighted by Crippen LogP contribution is -2.04. The van der Waals surface area contributed by atoms with Gasteiger partial charge in [0.05, 0.1) is 55.5 Å². The highest BCUT2D eigenvalue weighted by Gasteiger charge is 2.23. The van der Waals surface area contributed by atoms with E-state index in [2.05, 4.69) is 243 Å². The molecular formula is C75H47N7. The monoisotopic (exact) mass is 1050 g/mol. The van der Waals surface area contributed by atoms with Gasteiger partial charge in [0.25, 0.3) is 0 Å². The Morgan fingerprint density at radius 3 is 0.951 bits per heavy atom. The average Bonchev–Trinajstić information content (AvgIpc) is 3.79. The summed E-state index contributed by atoms with van der Waals surface area (Å²) in [5, 5.41) is 9.67. The standard InChI is InChI=1S/C75H47N7/c1-3-20-48(21-4-1)73-76-74(49-22-5-2-6-23-49)78-75(77-73)52-25-19-24-50(44-52)51-38-43-69(72(45-51)81-66-35-16-10-28-57(66)58-29-11-17-36-67(58)81)82-68-37-18-12-31-60(68)62-42-40-54(47-71(62)82)80-65-34-15-9-30-59(65)61-41-39-53(46-70(61)80)79-63-32-13-7-26-55(63)56-27-8-14-33-64(56)79/h1-47H. The molecule has 7 nitrogen and oxygen atoms in total. The van der Waals surface area contributed by atoms with Crippen LogP contribution in [0, 0.1) is 0 Å². The Kier molecular flexibility index (Phi) is 10.2. The molecule has 5 aromatic heterocycles. The van der Waals surface area contributed by atoms with Crippen molar-refractivity contribution < 1.29 is 0 Å². The third kappa shape index (κ3) is 7.06. The quantitative estimate of drug-likeness (QED) is 0.152. The molecule has 0 radical (unpaired) electrons. The zero-order valence-electron chi connectivity index (χ0n) is 44.3. The number of fused-ring (bicyclic) bond motifs is 12. The normalized spacial score (nSPS) is 11.9. The van der Waals surface area contributed by atoms with Gasteiger partial charge in [-0.25, -0.2) is 15.0 Å². The SMILES string of the molecule is c1ccc(-c2nc(-c3ccccc3)nc(-c3cccc(-c4ccc(-n5c6ccccc6c6ccc(-n7c8ccccc8c8ccc(-n9c%10ccccc%10c%10ccccc%109)cc87)cc65)c(-n5c6ccccc6c6ccccc65)c4)c3)n2)cc1. The molecule has 0 atom stereocenters. The maximum atomic E-state index is 5.13. The maximum Gasteiger partial charge on any atom is 0.164 e. The van der Waals surface area contributed by atoms with Crippen molar-refractivity contribution in [2.45, 2.75) is 0 Å². The number of aromatic nitrogens is 7. The molecule has 0 aliphatic heterocycles. The van der Waals surface area contributed by atoms with Crippen LogP contribution in [-0.4, -0.2) is 33.2 Å². The van der Waals surface area contributed by atoms with Crippen LogP contribution in [0.1, 0.15) is 0 Å². The fourth-order valence-corrected chi connectivity index (χ4v) is 13.0. The Hall–Kier alpha value is -11.2. The molecule has 82 heavy (non-hydrogen) atoms. The average molecular weight is 1050 g/mol. The Morgan fingerprint density at radius 2 is 0.500 bits per heavy atom. The number of hydrogen-bond acceptors (Lipinski definition) is 3. The zero-order valence-corrected chi connectivity index (χ0v) is 44.3. The predicted molar refractivity (Wildman–Crippen MR) is 339 cm³/mol. The van der Waals surface area contributed by atoms with Gasteiger partial charge in [-0.3, -0.25) is 0 Å². The number of hydrogen-bond donors (Lipinski definition) is 0. The maximum absolute atomic E-state index is 5.13. The Bertz CT molecular complexity index is 5250. The highest BCUT2D eigenvalue weighted by atomic mass is 15.1. The third-order valence-electron chi connectivity index (χ3n) is 16.6. The minimum Gasteiger partial charge on any atom is -0.309 e. The van der Waals surface area contributed by atoms with Gasteiger partial charge in [-0.2, -0.15) is 0 Å². The van der Waals surface area contributed by atoms with E-state index in [1.807, 2.05) is 60.7 Å². The molecule has 0 aliphatic rings. The molecular weight excluding hydrogens is 999 g/mol. The van der Waals surface area contributed by atoms with Gasteiger partial charge in [-0.05, 0) is 90.0 Å². The lowest BCUT2D eigenvalue weighted by molar-refractivity contribution is 1.07. The number of nitrogens with zero attached hydrogens (tertiary/aromatic N) is 7. The smallest absolute Gasteiger partial charge is 0.164 e. The molecule has 17 aromatic rings. The topological polar surface area (TPSA) is 58.4 Å². The van der Waals surface area contributed by atoms with Crippen LogP contribution >= 0.6 is 0 Å². The minimum absolute atomic E-state index is 0.612. The number of benzene rings is 12. The van der Waals surface area contributed by atoms with Gasteiger partial charge in [0, 0.05) is 71.2 Å². The molecule has 0 amide bonds. The van der Waals surface area contributed by atoms with Crippen molar-refractivity contribution in [3.63, 3.8) is 0 Å². The lowest BCUT2D eigenvalue weighted by Gasteiger charge is -2.19. The van der Waals surface area contributed by atoms with E-state index in [9.17, 15) is 0 Å². The van der Waals surface area contributed by atoms with Crippen molar-refractivity contribution in [3.8, 4) is 68.0 Å². The Labute approximate surface area is 471 Å². The summed E-state index contributed by atoms with van der Waals surface area (Å²) < 4.78 is 9.84. The first-order valence-corrected chi connectivity index (χ1v) is 27.8. The van der Waals surface area contributed by atoms with E-state index in [1.165, 1.54) is 54.1 Å². The molecule has 382 valence electrons. The van der Waals surface area contributed by atoms with E-state index in [-0.39, 0.29) is 0 Å². The van der Waals surface area contributed by atoms with E-state index in [0.29, 0.717) is 17.5 Å². The van der Waals surface area contributed by atoms with Gasteiger partial charge in [0.1, 0.15) is 0 Å². The van der Waals surface area contributed by atoms with Crippen molar-refractivity contribution in [3.05, 3.63) is 285 Å².